The van der Waals surface area contributed by atoms with E-state index >= 15 is 0 Å². The van der Waals surface area contributed by atoms with Crippen LogP contribution >= 0.6 is 0 Å². The third kappa shape index (κ3) is 2.88. The quantitative estimate of drug-likeness (QED) is 0.797. The fourth-order valence-electron chi connectivity index (χ4n) is 2.31. The number of anilines is 1. The van der Waals surface area contributed by atoms with E-state index in [1.54, 1.807) is 31.5 Å². The zero-order chi connectivity index (χ0) is 17.1. The van der Waals surface area contributed by atoms with Gasteiger partial charge < -0.3 is 10.5 Å². The van der Waals surface area contributed by atoms with Crippen molar-refractivity contribution < 1.29 is 4.74 Å². The molecule has 0 aliphatic heterocycles. The summed E-state index contributed by atoms with van der Waals surface area (Å²) in [5.41, 5.74) is 9.78. The maximum absolute atomic E-state index is 9.44. The van der Waals surface area contributed by atoms with Crippen LogP contribution < -0.4 is 10.5 Å². The number of ether oxygens (including phenoxy) is 1. The summed E-state index contributed by atoms with van der Waals surface area (Å²) in [6.45, 7) is 1.96. The summed E-state index contributed by atoms with van der Waals surface area (Å²) in [6.07, 6.45) is 1.76. The fourth-order valence-corrected chi connectivity index (χ4v) is 2.31. The van der Waals surface area contributed by atoms with Crippen LogP contribution in [0.5, 0.6) is 5.88 Å². The summed E-state index contributed by atoms with van der Waals surface area (Å²) in [7, 11) is 1.54. The molecule has 0 aliphatic carbocycles. The first-order chi connectivity index (χ1) is 11.6. The Morgan fingerprint density at radius 1 is 1.08 bits per heavy atom. The van der Waals surface area contributed by atoms with Gasteiger partial charge in [-0.1, -0.05) is 12.1 Å². The van der Waals surface area contributed by atoms with Gasteiger partial charge in [-0.2, -0.15) is 5.26 Å². The van der Waals surface area contributed by atoms with Crippen molar-refractivity contribution in [1.82, 2.24) is 15.0 Å². The van der Waals surface area contributed by atoms with Crippen LogP contribution in [0.15, 0.2) is 42.6 Å². The average molecular weight is 317 g/mol. The van der Waals surface area contributed by atoms with Crippen LogP contribution in [0.2, 0.25) is 0 Å². The molecule has 3 heterocycles. The van der Waals surface area contributed by atoms with Crippen molar-refractivity contribution in [3.05, 3.63) is 53.7 Å². The standard InChI is InChI=1S/C18H15N5O/c1-11-6-7-15(21-10-11)16-8-12(13(9-19)18(20)23-16)14-4-3-5-17(22-14)24-2/h3-8,10H,1-2H3,(H2,20,23). The lowest BCUT2D eigenvalue weighted by Gasteiger charge is -2.10. The number of nitrogens with zero attached hydrogens (tertiary/aromatic N) is 4. The molecule has 3 rings (SSSR count). The van der Waals surface area contributed by atoms with Gasteiger partial charge in [-0.25, -0.2) is 9.97 Å². The molecule has 0 atom stereocenters. The van der Waals surface area contributed by atoms with Crippen molar-refractivity contribution in [2.75, 3.05) is 12.8 Å². The number of aromatic nitrogens is 3. The molecular formula is C18H15N5O. The molecule has 3 aromatic rings. The summed E-state index contributed by atoms with van der Waals surface area (Å²) >= 11 is 0. The predicted molar refractivity (Wildman–Crippen MR) is 91.1 cm³/mol. The fraction of sp³-hybridized carbons (Fsp3) is 0.111. The van der Waals surface area contributed by atoms with Crippen molar-refractivity contribution in [1.29, 1.82) is 5.26 Å². The summed E-state index contributed by atoms with van der Waals surface area (Å²) in [6, 6.07) is 13.0. The number of rotatable bonds is 3. The summed E-state index contributed by atoms with van der Waals surface area (Å²) < 4.78 is 5.15. The molecule has 2 N–H and O–H groups in total. The van der Waals surface area contributed by atoms with Gasteiger partial charge >= 0.3 is 0 Å². The summed E-state index contributed by atoms with van der Waals surface area (Å²) in [5.74, 6) is 0.610. The second kappa shape index (κ2) is 6.34. The van der Waals surface area contributed by atoms with Crippen molar-refractivity contribution in [3.63, 3.8) is 0 Å². The monoisotopic (exact) mass is 317 g/mol. The van der Waals surface area contributed by atoms with Gasteiger partial charge in [0.15, 0.2) is 0 Å². The highest BCUT2D eigenvalue weighted by molar-refractivity contribution is 5.77. The Bertz CT molecular complexity index is 929. The number of nitrogens with two attached hydrogens (primary N) is 1. The van der Waals surface area contributed by atoms with Crippen LogP contribution in [0.3, 0.4) is 0 Å². The number of nitriles is 1. The van der Waals surface area contributed by atoms with Crippen molar-refractivity contribution in [3.8, 4) is 34.6 Å². The summed E-state index contributed by atoms with van der Waals surface area (Å²) in [4.78, 5) is 13.1. The predicted octanol–water partition coefficient (Wildman–Crippen LogP) is 2.98. The zero-order valence-corrected chi connectivity index (χ0v) is 13.3. The molecule has 0 amide bonds. The maximum atomic E-state index is 9.44. The van der Waals surface area contributed by atoms with Gasteiger partial charge in [0.05, 0.1) is 24.2 Å². The van der Waals surface area contributed by atoms with Gasteiger partial charge in [-0.05, 0) is 30.7 Å². The first kappa shape index (κ1) is 15.4. The number of nitrogen functional groups attached to an aromatic ring is 1. The molecular weight excluding hydrogens is 302 g/mol. The highest BCUT2D eigenvalue weighted by atomic mass is 16.5. The Morgan fingerprint density at radius 2 is 1.92 bits per heavy atom. The van der Waals surface area contributed by atoms with Crippen LogP contribution in [0, 0.1) is 18.3 Å². The van der Waals surface area contributed by atoms with E-state index in [0.717, 1.165) is 5.56 Å². The van der Waals surface area contributed by atoms with Crippen LogP contribution in [0.1, 0.15) is 11.1 Å². The maximum Gasteiger partial charge on any atom is 0.213 e. The molecule has 118 valence electrons. The van der Waals surface area contributed by atoms with Gasteiger partial charge in [0.25, 0.3) is 0 Å². The lowest BCUT2D eigenvalue weighted by atomic mass is 10.0. The molecule has 0 aromatic carbocycles. The smallest absolute Gasteiger partial charge is 0.213 e. The second-order valence-electron chi connectivity index (χ2n) is 5.21. The van der Waals surface area contributed by atoms with Gasteiger partial charge in [-0.3, -0.25) is 4.98 Å². The highest BCUT2D eigenvalue weighted by Gasteiger charge is 2.15. The zero-order valence-electron chi connectivity index (χ0n) is 13.3. The van der Waals surface area contributed by atoms with Gasteiger partial charge in [0, 0.05) is 17.8 Å². The third-order valence-electron chi connectivity index (χ3n) is 3.54. The molecule has 6 nitrogen and oxygen atoms in total. The first-order valence-electron chi connectivity index (χ1n) is 7.27. The van der Waals surface area contributed by atoms with Crippen molar-refractivity contribution >= 4 is 5.82 Å². The molecule has 24 heavy (non-hydrogen) atoms. The van der Waals surface area contributed by atoms with Crippen LogP contribution in [0.25, 0.3) is 22.6 Å². The molecule has 0 saturated carbocycles. The Kier molecular flexibility index (Phi) is 4.08. The number of methoxy groups -OCH3 is 1. The Morgan fingerprint density at radius 3 is 2.58 bits per heavy atom. The lowest BCUT2D eigenvalue weighted by molar-refractivity contribution is 0.398. The Balaban J connectivity index is 2.20. The van der Waals surface area contributed by atoms with Gasteiger partial charge in [-0.15, -0.1) is 0 Å². The number of aryl methyl sites for hydroxylation is 1. The molecule has 0 spiro atoms. The van der Waals surface area contributed by atoms with E-state index in [-0.39, 0.29) is 11.4 Å². The van der Waals surface area contributed by atoms with Gasteiger partial charge in [0.2, 0.25) is 5.88 Å². The minimum atomic E-state index is 0.150. The average Bonchev–Trinajstić information content (AvgIpc) is 2.61. The van der Waals surface area contributed by atoms with E-state index in [1.165, 1.54) is 0 Å². The number of hydrogen-bond donors (Lipinski definition) is 1. The van der Waals surface area contributed by atoms with E-state index in [2.05, 4.69) is 21.0 Å². The van der Waals surface area contributed by atoms with E-state index in [0.29, 0.717) is 28.5 Å². The van der Waals surface area contributed by atoms with E-state index < -0.39 is 0 Å². The topological polar surface area (TPSA) is 97.7 Å². The SMILES string of the molecule is COc1cccc(-c2cc(-c3ccc(C)cn3)nc(N)c2C#N)n1. The first-order valence-corrected chi connectivity index (χ1v) is 7.27. The Labute approximate surface area is 139 Å². The number of hydrogen-bond acceptors (Lipinski definition) is 6. The summed E-state index contributed by atoms with van der Waals surface area (Å²) in [5, 5.41) is 9.44. The van der Waals surface area contributed by atoms with Crippen LogP contribution in [-0.4, -0.2) is 22.1 Å². The van der Waals surface area contributed by atoms with Crippen molar-refractivity contribution in [2.45, 2.75) is 6.92 Å². The van der Waals surface area contributed by atoms with E-state index in [4.69, 9.17) is 10.5 Å². The van der Waals surface area contributed by atoms with Crippen molar-refractivity contribution in [2.24, 2.45) is 0 Å². The van der Waals surface area contributed by atoms with Crippen LogP contribution in [-0.2, 0) is 0 Å². The lowest BCUT2D eigenvalue weighted by Crippen LogP contribution is -2.01. The van der Waals surface area contributed by atoms with E-state index in [1.807, 2.05) is 25.1 Å². The molecule has 6 heteroatoms. The third-order valence-corrected chi connectivity index (χ3v) is 3.54. The number of pyridine rings is 3. The van der Waals surface area contributed by atoms with Crippen LogP contribution in [0.4, 0.5) is 5.82 Å². The normalized spacial score (nSPS) is 10.2. The molecule has 0 saturated heterocycles. The molecule has 0 unspecified atom stereocenters. The second-order valence-corrected chi connectivity index (χ2v) is 5.21. The molecule has 0 aliphatic rings. The molecule has 0 fully saturated rings. The highest BCUT2D eigenvalue weighted by Crippen LogP contribution is 2.30. The van der Waals surface area contributed by atoms with E-state index in [9.17, 15) is 5.26 Å². The minimum Gasteiger partial charge on any atom is -0.481 e. The molecule has 3 aromatic heterocycles. The minimum absolute atomic E-state index is 0.150. The largest absolute Gasteiger partial charge is 0.481 e. The van der Waals surface area contributed by atoms with Gasteiger partial charge in [0.1, 0.15) is 17.5 Å². The molecule has 0 bridgehead atoms. The Hall–Kier alpha value is -3.46. The molecule has 0 radical (unpaired) electrons.